The van der Waals surface area contributed by atoms with Crippen molar-refractivity contribution < 1.29 is 26.2 Å². The minimum Gasteiger partial charge on any atom is -0.346 e. The van der Waals surface area contributed by atoms with Crippen molar-refractivity contribution in [1.29, 1.82) is 0 Å². The Morgan fingerprint density at radius 2 is 1.00 bits per heavy atom. The van der Waals surface area contributed by atoms with Gasteiger partial charge in [-0.25, -0.2) is 0 Å². The van der Waals surface area contributed by atoms with Gasteiger partial charge in [0.1, 0.15) is 0 Å². The Morgan fingerprint density at radius 1 is 1.00 bits per heavy atom. The molecule has 0 aromatic rings. The summed E-state index contributed by atoms with van der Waals surface area (Å²) in [5.74, 6) is 0. The van der Waals surface area contributed by atoms with Gasteiger partial charge in [-0.1, -0.05) is 0 Å². The number of rotatable bonds is 0. The van der Waals surface area contributed by atoms with Crippen molar-refractivity contribution in [3.8, 4) is 0 Å². The molecule has 0 saturated carbocycles. The van der Waals surface area contributed by atoms with E-state index < -0.39 is 0 Å². The molecular formula is C5H14NZr+3. The van der Waals surface area contributed by atoms with E-state index in [0.717, 1.165) is 0 Å². The zero-order valence-electron chi connectivity index (χ0n) is 5.65. The molecule has 2 heteroatoms. The van der Waals surface area contributed by atoms with Crippen LogP contribution in [0, 0.1) is 6.92 Å². The van der Waals surface area contributed by atoms with E-state index >= 15 is 0 Å². The van der Waals surface area contributed by atoms with Crippen LogP contribution in [0.4, 0.5) is 0 Å². The molecule has 0 radical (unpaired) electrons. The van der Waals surface area contributed by atoms with Gasteiger partial charge in [-0.2, -0.15) is 6.92 Å². The van der Waals surface area contributed by atoms with Crippen molar-refractivity contribution in [2.24, 2.45) is 0 Å². The quantitative estimate of drug-likeness (QED) is 0.502. The van der Waals surface area contributed by atoms with E-state index in [0.29, 0.717) is 0 Å². The molecule has 0 aliphatic carbocycles. The van der Waals surface area contributed by atoms with Crippen LogP contribution in [-0.4, -0.2) is 26.0 Å². The Bertz CT molecular complexity index is 12.8. The van der Waals surface area contributed by atoms with Gasteiger partial charge >= 0.3 is 26.2 Å². The maximum absolute atomic E-state index is 3.25. The first-order chi connectivity index (χ1) is 2.73. The maximum Gasteiger partial charge on any atom is 4.00 e. The maximum atomic E-state index is 3.25. The summed E-state index contributed by atoms with van der Waals surface area (Å²) in [5.41, 5.74) is 0. The molecule has 0 heterocycles. The largest absolute Gasteiger partial charge is 4.00 e. The summed E-state index contributed by atoms with van der Waals surface area (Å²) >= 11 is 0. The van der Waals surface area contributed by atoms with E-state index in [1.807, 2.05) is 26.0 Å². The molecule has 40 valence electrons. The molecule has 0 bridgehead atoms. The Morgan fingerprint density at radius 3 is 1.00 bits per heavy atom. The summed E-state index contributed by atoms with van der Waals surface area (Å²) in [5, 5.41) is 0. The number of hydrogen-bond donors (Lipinski definition) is 0. The van der Waals surface area contributed by atoms with Crippen LogP contribution in [0.5, 0.6) is 0 Å². The second kappa shape index (κ2) is 15.8. The smallest absolute Gasteiger partial charge is 0.346 e. The summed E-state index contributed by atoms with van der Waals surface area (Å²) in [4.78, 5) is 2.00. The number of nitrogens with zero attached hydrogens (tertiary/aromatic N) is 1. The first-order valence-corrected chi connectivity index (χ1v) is 2.05. The van der Waals surface area contributed by atoms with Crippen molar-refractivity contribution in [3.63, 3.8) is 0 Å². The van der Waals surface area contributed by atoms with Crippen molar-refractivity contribution in [2.75, 3.05) is 21.1 Å². The van der Waals surface area contributed by atoms with Gasteiger partial charge in [0.15, 0.2) is 0 Å². The Hall–Kier alpha value is 0.843. The van der Waals surface area contributed by atoms with E-state index in [1.54, 1.807) is 6.92 Å². The molecule has 7 heavy (non-hydrogen) atoms. The van der Waals surface area contributed by atoms with E-state index in [4.69, 9.17) is 0 Å². The fourth-order valence-electron chi connectivity index (χ4n) is 0. The van der Waals surface area contributed by atoms with Gasteiger partial charge in [-0.15, -0.1) is 0 Å². The molecule has 0 aromatic carbocycles. The molecule has 0 amide bonds. The van der Waals surface area contributed by atoms with Crippen molar-refractivity contribution in [1.82, 2.24) is 4.90 Å². The predicted molar refractivity (Wildman–Crippen MR) is 30.6 cm³/mol. The molecule has 0 atom stereocenters. The molecule has 0 aromatic heterocycles. The SMILES string of the molecule is CN(C)C.[CH2-]C.[Zr+4]. The van der Waals surface area contributed by atoms with Crippen LogP contribution in [0.25, 0.3) is 0 Å². The third-order valence-corrected chi connectivity index (χ3v) is 0. The summed E-state index contributed by atoms with van der Waals surface area (Å²) in [7, 11) is 6.00. The summed E-state index contributed by atoms with van der Waals surface area (Å²) in [6, 6.07) is 0. The zero-order chi connectivity index (χ0) is 5.58. The van der Waals surface area contributed by atoms with Crippen molar-refractivity contribution in [2.45, 2.75) is 6.92 Å². The molecular weight excluding hydrogens is 165 g/mol. The van der Waals surface area contributed by atoms with Crippen LogP contribution in [0.3, 0.4) is 0 Å². The van der Waals surface area contributed by atoms with Gasteiger partial charge in [-0.3, -0.25) is 0 Å². The van der Waals surface area contributed by atoms with Crippen LogP contribution >= 0.6 is 0 Å². The van der Waals surface area contributed by atoms with Gasteiger partial charge in [-0.05, 0) is 21.1 Å². The van der Waals surface area contributed by atoms with E-state index in [-0.39, 0.29) is 26.2 Å². The molecule has 0 aliphatic rings. The van der Waals surface area contributed by atoms with E-state index in [2.05, 4.69) is 6.92 Å². The summed E-state index contributed by atoms with van der Waals surface area (Å²) < 4.78 is 0. The molecule has 0 spiro atoms. The van der Waals surface area contributed by atoms with Crippen LogP contribution < -0.4 is 0 Å². The van der Waals surface area contributed by atoms with Gasteiger partial charge in [0.25, 0.3) is 0 Å². The van der Waals surface area contributed by atoms with Crippen LogP contribution in [0.2, 0.25) is 0 Å². The first-order valence-electron chi connectivity index (χ1n) is 2.05. The monoisotopic (exact) mass is 178 g/mol. The number of hydrogen-bond acceptors (Lipinski definition) is 1. The van der Waals surface area contributed by atoms with Crippen LogP contribution in [0.15, 0.2) is 0 Å². The Labute approximate surface area is 66.2 Å². The molecule has 1 nitrogen and oxygen atoms in total. The first kappa shape index (κ1) is 15.7. The third-order valence-electron chi connectivity index (χ3n) is 0. The fourth-order valence-corrected chi connectivity index (χ4v) is 0. The molecule has 0 aliphatic heterocycles. The standard InChI is InChI=1S/C3H9N.C2H5.Zr/c1-4(2)3;1-2;/h1-3H3;1H2,2H3;/q;-1;+4. The van der Waals surface area contributed by atoms with E-state index in [9.17, 15) is 0 Å². The van der Waals surface area contributed by atoms with Gasteiger partial charge in [0.2, 0.25) is 0 Å². The predicted octanol–water partition coefficient (Wildman–Crippen LogP) is 1.02. The molecule has 0 rings (SSSR count). The minimum atomic E-state index is 0. The van der Waals surface area contributed by atoms with Crippen molar-refractivity contribution in [3.05, 3.63) is 6.92 Å². The summed E-state index contributed by atoms with van der Waals surface area (Å²) in [6.07, 6.45) is 0. The Balaban J connectivity index is -0.0000000480. The van der Waals surface area contributed by atoms with Crippen molar-refractivity contribution >= 4 is 0 Å². The second-order valence-corrected chi connectivity index (χ2v) is 1.34. The molecule has 0 saturated heterocycles. The van der Waals surface area contributed by atoms with Gasteiger partial charge in [0.05, 0.1) is 0 Å². The Kier molecular flexibility index (Phi) is 35.4. The van der Waals surface area contributed by atoms with Gasteiger partial charge < -0.3 is 11.8 Å². The minimum absolute atomic E-state index is 0. The van der Waals surface area contributed by atoms with Crippen LogP contribution in [-0.2, 0) is 26.2 Å². The average Bonchev–Trinajstić information content (AvgIpc) is 1.41. The second-order valence-electron chi connectivity index (χ2n) is 1.34. The molecule has 0 unspecified atom stereocenters. The normalized spacial score (nSPS) is 6.00. The molecule has 0 fully saturated rings. The van der Waals surface area contributed by atoms with E-state index in [1.165, 1.54) is 0 Å². The summed E-state index contributed by atoms with van der Waals surface area (Å²) in [6.45, 7) is 5.00. The van der Waals surface area contributed by atoms with Gasteiger partial charge in [0, 0.05) is 0 Å². The van der Waals surface area contributed by atoms with Crippen LogP contribution in [0.1, 0.15) is 6.92 Å². The third kappa shape index (κ3) is 226. The molecule has 0 N–H and O–H groups in total. The topological polar surface area (TPSA) is 3.24 Å². The fraction of sp³-hybridized carbons (Fsp3) is 0.800. The average molecular weight is 179 g/mol. The zero-order valence-corrected chi connectivity index (χ0v) is 8.11.